The first-order chi connectivity index (χ1) is 11.7. The quantitative estimate of drug-likeness (QED) is 0.697. The molecule has 0 heterocycles. The number of rotatable bonds is 9. The zero-order valence-corrected chi connectivity index (χ0v) is 14.9. The monoisotopic (exact) mass is 323 g/mol. The second-order valence-corrected chi connectivity index (χ2v) is 6.37. The molecule has 2 aromatic rings. The van der Waals surface area contributed by atoms with Gasteiger partial charge in [-0.3, -0.25) is 4.90 Å². The summed E-state index contributed by atoms with van der Waals surface area (Å²) in [6.45, 7) is 9.96. The van der Waals surface area contributed by atoms with E-state index in [0.29, 0.717) is 0 Å². The maximum atomic E-state index is 10.8. The molecule has 0 aromatic heterocycles. The van der Waals surface area contributed by atoms with Crippen LogP contribution in [-0.2, 0) is 6.54 Å². The Morgan fingerprint density at radius 3 is 2.33 bits per heavy atom. The molecule has 0 saturated carbocycles. The number of nitrogens with zero attached hydrogens (tertiary/aromatic N) is 1. The van der Waals surface area contributed by atoms with Crippen LogP contribution in [-0.4, -0.2) is 22.6 Å². The van der Waals surface area contributed by atoms with Crippen LogP contribution in [0.5, 0.6) is 0 Å². The maximum Gasteiger partial charge on any atom is 0.0942 e. The zero-order valence-electron chi connectivity index (χ0n) is 14.9. The van der Waals surface area contributed by atoms with Crippen LogP contribution < -0.4 is 0 Å². The Bertz CT molecular complexity index is 606. The minimum Gasteiger partial charge on any atom is -0.387 e. The minimum absolute atomic E-state index is 0.0676. The Morgan fingerprint density at radius 2 is 1.75 bits per heavy atom. The average Bonchev–Trinajstić information content (AvgIpc) is 2.65. The van der Waals surface area contributed by atoms with Gasteiger partial charge in [0.1, 0.15) is 0 Å². The third kappa shape index (κ3) is 5.05. The molecule has 2 heteroatoms. The van der Waals surface area contributed by atoms with Gasteiger partial charge in [-0.1, -0.05) is 80.6 Å². The van der Waals surface area contributed by atoms with Crippen molar-refractivity contribution in [2.75, 3.05) is 6.54 Å². The highest BCUT2D eigenvalue weighted by Gasteiger charge is 2.22. The summed E-state index contributed by atoms with van der Waals surface area (Å²) in [7, 11) is 0. The topological polar surface area (TPSA) is 23.5 Å². The molecule has 24 heavy (non-hydrogen) atoms. The van der Waals surface area contributed by atoms with Gasteiger partial charge in [-0.15, -0.1) is 0 Å². The third-order valence-electron chi connectivity index (χ3n) is 4.57. The van der Waals surface area contributed by atoms with Gasteiger partial charge in [-0.25, -0.2) is 0 Å². The van der Waals surface area contributed by atoms with Gasteiger partial charge in [0.25, 0.3) is 0 Å². The number of unbranched alkanes of at least 4 members (excludes halogenated alkanes) is 1. The van der Waals surface area contributed by atoms with E-state index in [9.17, 15) is 5.11 Å². The number of aliphatic hydroxyl groups is 1. The van der Waals surface area contributed by atoms with Crippen LogP contribution in [0.2, 0.25) is 0 Å². The van der Waals surface area contributed by atoms with E-state index in [1.165, 1.54) is 5.56 Å². The summed E-state index contributed by atoms with van der Waals surface area (Å²) < 4.78 is 0. The molecule has 2 nitrogen and oxygen atoms in total. The van der Waals surface area contributed by atoms with Crippen molar-refractivity contribution in [1.29, 1.82) is 0 Å². The fourth-order valence-corrected chi connectivity index (χ4v) is 2.91. The number of hydrogen-bond acceptors (Lipinski definition) is 2. The molecule has 1 N–H and O–H groups in total. The van der Waals surface area contributed by atoms with E-state index in [-0.39, 0.29) is 6.04 Å². The normalized spacial score (nSPS) is 13.7. The number of hydrogen-bond donors (Lipinski definition) is 1. The van der Waals surface area contributed by atoms with Crippen LogP contribution in [0.25, 0.3) is 6.08 Å². The molecule has 0 fully saturated rings. The fraction of sp³-hybridized carbons (Fsp3) is 0.364. The summed E-state index contributed by atoms with van der Waals surface area (Å²) in [4.78, 5) is 2.38. The molecule has 2 rings (SSSR count). The van der Waals surface area contributed by atoms with Crippen LogP contribution >= 0.6 is 0 Å². The predicted molar refractivity (Wildman–Crippen MR) is 103 cm³/mol. The summed E-state index contributed by atoms with van der Waals surface area (Å²) in [6.07, 6.45) is 3.67. The first kappa shape index (κ1) is 18.4. The lowest BCUT2D eigenvalue weighted by Gasteiger charge is -2.32. The van der Waals surface area contributed by atoms with Gasteiger partial charge in [0, 0.05) is 12.6 Å². The van der Waals surface area contributed by atoms with Gasteiger partial charge in [0.15, 0.2) is 0 Å². The molecule has 0 amide bonds. The highest BCUT2D eigenvalue weighted by molar-refractivity contribution is 5.47. The molecular formula is C22H29NO. The molecule has 0 aliphatic rings. The first-order valence-electron chi connectivity index (χ1n) is 8.84. The van der Waals surface area contributed by atoms with Gasteiger partial charge in [-0.2, -0.15) is 0 Å². The van der Waals surface area contributed by atoms with Crippen molar-refractivity contribution in [1.82, 2.24) is 4.90 Å². The molecule has 128 valence electrons. The second-order valence-electron chi connectivity index (χ2n) is 6.37. The SMILES string of the molecule is C=Cc1ccc(CN(CCCC)[C@H](C)[C@@H](O)c2ccccc2)cc1. The fourth-order valence-electron chi connectivity index (χ4n) is 2.91. The van der Waals surface area contributed by atoms with Crippen LogP contribution in [0.15, 0.2) is 61.2 Å². The highest BCUT2D eigenvalue weighted by atomic mass is 16.3. The maximum absolute atomic E-state index is 10.8. The van der Waals surface area contributed by atoms with Crippen molar-refractivity contribution < 1.29 is 5.11 Å². The standard InChI is InChI=1S/C22H29NO/c1-4-6-16-23(17-20-14-12-19(5-2)13-15-20)18(3)22(24)21-10-8-7-9-11-21/h5,7-15,18,22,24H,2,4,6,16-17H2,1,3H3/t18-,22-/m1/s1. The van der Waals surface area contributed by atoms with Crippen molar-refractivity contribution in [2.45, 2.75) is 45.4 Å². The molecule has 0 unspecified atom stereocenters. The summed E-state index contributed by atoms with van der Waals surface area (Å²) in [5.74, 6) is 0. The molecule has 0 spiro atoms. The molecular weight excluding hydrogens is 294 g/mol. The molecule has 2 atom stereocenters. The highest BCUT2D eigenvalue weighted by Crippen LogP contribution is 2.23. The summed E-state index contributed by atoms with van der Waals surface area (Å²) >= 11 is 0. The third-order valence-corrected chi connectivity index (χ3v) is 4.57. The number of benzene rings is 2. The van der Waals surface area contributed by atoms with Gasteiger partial charge in [0.2, 0.25) is 0 Å². The Labute approximate surface area is 146 Å². The van der Waals surface area contributed by atoms with Crippen molar-refractivity contribution in [3.63, 3.8) is 0 Å². The second kappa shape index (κ2) is 9.41. The van der Waals surface area contributed by atoms with E-state index >= 15 is 0 Å². The molecule has 0 saturated heterocycles. The van der Waals surface area contributed by atoms with Crippen molar-refractivity contribution in [3.05, 3.63) is 77.9 Å². The van der Waals surface area contributed by atoms with Gasteiger partial charge in [-0.05, 0) is 36.6 Å². The van der Waals surface area contributed by atoms with Crippen LogP contribution in [0.3, 0.4) is 0 Å². The van der Waals surface area contributed by atoms with Crippen molar-refractivity contribution in [2.24, 2.45) is 0 Å². The molecule has 0 radical (unpaired) electrons. The summed E-state index contributed by atoms with van der Waals surface area (Å²) in [5, 5.41) is 10.8. The van der Waals surface area contributed by atoms with Gasteiger partial charge >= 0.3 is 0 Å². The van der Waals surface area contributed by atoms with Crippen LogP contribution in [0.1, 0.15) is 49.5 Å². The van der Waals surface area contributed by atoms with Gasteiger partial charge in [0.05, 0.1) is 6.10 Å². The summed E-state index contributed by atoms with van der Waals surface area (Å²) in [5.41, 5.74) is 3.38. The minimum atomic E-state index is -0.476. The van der Waals surface area contributed by atoms with E-state index in [1.54, 1.807) is 0 Å². The lowest BCUT2D eigenvalue weighted by Crippen LogP contribution is -2.37. The van der Waals surface area contributed by atoms with E-state index in [4.69, 9.17) is 0 Å². The van der Waals surface area contributed by atoms with Crippen molar-refractivity contribution in [3.8, 4) is 0 Å². The lowest BCUT2D eigenvalue weighted by molar-refractivity contribution is 0.0523. The van der Waals surface area contributed by atoms with Gasteiger partial charge < -0.3 is 5.11 Å². The Balaban J connectivity index is 2.12. The predicted octanol–water partition coefficient (Wildman–Crippen LogP) is 5.05. The largest absolute Gasteiger partial charge is 0.387 e. The van der Waals surface area contributed by atoms with E-state index < -0.39 is 6.10 Å². The van der Waals surface area contributed by atoms with Crippen molar-refractivity contribution >= 4 is 6.08 Å². The van der Waals surface area contributed by atoms with Crippen LogP contribution in [0.4, 0.5) is 0 Å². The Kier molecular flexibility index (Phi) is 7.23. The van der Waals surface area contributed by atoms with E-state index in [0.717, 1.165) is 37.1 Å². The first-order valence-corrected chi connectivity index (χ1v) is 8.84. The van der Waals surface area contributed by atoms with Crippen LogP contribution in [0, 0.1) is 0 Å². The Hall–Kier alpha value is -1.90. The summed E-state index contributed by atoms with van der Waals surface area (Å²) in [6, 6.07) is 18.5. The lowest BCUT2D eigenvalue weighted by atomic mass is 10.0. The average molecular weight is 323 g/mol. The number of aliphatic hydroxyl groups excluding tert-OH is 1. The molecule has 0 aliphatic carbocycles. The molecule has 0 bridgehead atoms. The molecule has 0 aliphatic heterocycles. The van der Waals surface area contributed by atoms with E-state index in [2.05, 4.69) is 49.6 Å². The smallest absolute Gasteiger partial charge is 0.0942 e. The zero-order chi connectivity index (χ0) is 17.4. The molecule has 2 aromatic carbocycles. The van der Waals surface area contributed by atoms with E-state index in [1.807, 2.05) is 36.4 Å². The Morgan fingerprint density at radius 1 is 1.08 bits per heavy atom.